The number of ether oxygens (including phenoxy) is 4. The third kappa shape index (κ3) is 8.95. The normalized spacial score (nSPS) is 10.4. The molecule has 0 aromatic heterocycles. The largest absolute Gasteiger partial charge is 0.494 e. The summed E-state index contributed by atoms with van der Waals surface area (Å²) in [7, 11) is 0. The fourth-order valence-corrected chi connectivity index (χ4v) is 2.93. The number of carbonyl (C=O) groups is 3. The summed E-state index contributed by atoms with van der Waals surface area (Å²) in [5.74, 6) is -0.218. The summed E-state index contributed by atoms with van der Waals surface area (Å²) in [6.07, 6.45) is 5.52. The SMILES string of the molecule is C=CC(=O)OCCCCOc1ccc(C(=O)Oc2ccc(OC(=O)/C=C/c3ccccc3)cc2)cc1. The molecule has 0 radical (unpaired) electrons. The van der Waals surface area contributed by atoms with Crippen molar-refractivity contribution in [3.63, 3.8) is 0 Å². The molecule has 0 bridgehead atoms. The number of rotatable bonds is 12. The molecule has 0 aliphatic heterocycles. The Kier molecular flexibility index (Phi) is 10.0. The number of carbonyl (C=O) groups excluding carboxylic acids is 3. The van der Waals surface area contributed by atoms with E-state index in [1.54, 1.807) is 54.6 Å². The minimum Gasteiger partial charge on any atom is -0.494 e. The fourth-order valence-electron chi connectivity index (χ4n) is 2.93. The quantitative estimate of drug-likeness (QED) is 0.146. The molecule has 0 aliphatic rings. The van der Waals surface area contributed by atoms with Crippen LogP contribution in [-0.2, 0) is 14.3 Å². The molecule has 0 saturated heterocycles. The van der Waals surface area contributed by atoms with E-state index in [4.69, 9.17) is 18.9 Å². The second kappa shape index (κ2) is 13.9. The summed E-state index contributed by atoms with van der Waals surface area (Å²) in [5, 5.41) is 0. The zero-order valence-electron chi connectivity index (χ0n) is 19.6. The van der Waals surface area contributed by atoms with E-state index in [1.807, 2.05) is 30.3 Å². The van der Waals surface area contributed by atoms with Crippen LogP contribution < -0.4 is 14.2 Å². The number of hydrogen-bond donors (Lipinski definition) is 0. The monoisotopic (exact) mass is 486 g/mol. The highest BCUT2D eigenvalue weighted by atomic mass is 16.5. The van der Waals surface area contributed by atoms with Crippen LogP contribution in [0, 0.1) is 0 Å². The molecule has 0 saturated carbocycles. The maximum Gasteiger partial charge on any atom is 0.343 e. The van der Waals surface area contributed by atoms with Gasteiger partial charge in [-0.3, -0.25) is 0 Å². The van der Waals surface area contributed by atoms with Crippen LogP contribution in [0.1, 0.15) is 28.8 Å². The van der Waals surface area contributed by atoms with Crippen molar-refractivity contribution in [2.24, 2.45) is 0 Å². The summed E-state index contributed by atoms with van der Waals surface area (Å²) in [6.45, 7) is 4.10. The third-order valence-corrected chi connectivity index (χ3v) is 4.77. The van der Waals surface area contributed by atoms with E-state index < -0.39 is 17.9 Å². The molecule has 3 aromatic carbocycles. The lowest BCUT2D eigenvalue weighted by molar-refractivity contribution is -0.137. The van der Waals surface area contributed by atoms with Crippen LogP contribution in [0.5, 0.6) is 17.2 Å². The van der Waals surface area contributed by atoms with Crippen LogP contribution in [0.4, 0.5) is 0 Å². The van der Waals surface area contributed by atoms with Gasteiger partial charge in [-0.25, -0.2) is 14.4 Å². The molecule has 0 atom stereocenters. The predicted octanol–water partition coefficient (Wildman–Crippen LogP) is 5.41. The van der Waals surface area contributed by atoms with Crippen molar-refractivity contribution >= 4 is 24.0 Å². The van der Waals surface area contributed by atoms with E-state index >= 15 is 0 Å². The van der Waals surface area contributed by atoms with Gasteiger partial charge in [0, 0.05) is 12.2 Å². The smallest absolute Gasteiger partial charge is 0.343 e. The summed E-state index contributed by atoms with van der Waals surface area (Å²) >= 11 is 0. The van der Waals surface area contributed by atoms with E-state index in [2.05, 4.69) is 6.58 Å². The van der Waals surface area contributed by atoms with Gasteiger partial charge in [-0.15, -0.1) is 0 Å². The maximum absolute atomic E-state index is 12.4. The zero-order valence-corrected chi connectivity index (χ0v) is 19.6. The molecule has 36 heavy (non-hydrogen) atoms. The van der Waals surface area contributed by atoms with Crippen LogP contribution in [0.2, 0.25) is 0 Å². The molecular formula is C29H26O7. The molecule has 0 amide bonds. The third-order valence-electron chi connectivity index (χ3n) is 4.77. The van der Waals surface area contributed by atoms with Crippen molar-refractivity contribution in [3.05, 3.63) is 109 Å². The number of esters is 3. The van der Waals surface area contributed by atoms with Crippen LogP contribution in [0.3, 0.4) is 0 Å². The minimum absolute atomic E-state index is 0.313. The second-order valence-electron chi connectivity index (χ2n) is 7.48. The lowest BCUT2D eigenvalue weighted by Crippen LogP contribution is -2.09. The molecule has 3 aromatic rings. The maximum atomic E-state index is 12.4. The number of benzene rings is 3. The standard InChI is InChI=1S/C29H26O7/c1-2-27(30)34-21-7-6-20-33-24-13-11-23(12-14-24)29(32)36-26-17-15-25(16-18-26)35-28(31)19-10-22-8-4-3-5-9-22/h2-5,8-19H,1,6-7,20-21H2/b19-10+. The average molecular weight is 487 g/mol. The van der Waals surface area contributed by atoms with Gasteiger partial charge >= 0.3 is 17.9 Å². The first-order chi connectivity index (χ1) is 17.5. The molecular weight excluding hydrogens is 460 g/mol. The molecule has 0 fully saturated rings. The van der Waals surface area contributed by atoms with Crippen LogP contribution in [0.15, 0.2) is 97.6 Å². The Morgan fingerprint density at radius 3 is 1.97 bits per heavy atom. The number of unbranched alkanes of at least 4 members (excludes halogenated alkanes) is 1. The molecule has 0 N–H and O–H groups in total. The number of hydrogen-bond acceptors (Lipinski definition) is 7. The first kappa shape index (κ1) is 26.0. The molecule has 184 valence electrons. The topological polar surface area (TPSA) is 88.1 Å². The van der Waals surface area contributed by atoms with Crippen molar-refractivity contribution in [2.75, 3.05) is 13.2 Å². The lowest BCUT2D eigenvalue weighted by Gasteiger charge is -2.08. The Morgan fingerprint density at radius 2 is 1.31 bits per heavy atom. The van der Waals surface area contributed by atoms with Gasteiger partial charge in [-0.2, -0.15) is 0 Å². The highest BCUT2D eigenvalue weighted by Crippen LogP contribution is 2.20. The molecule has 7 nitrogen and oxygen atoms in total. The van der Waals surface area contributed by atoms with Gasteiger partial charge in [0.25, 0.3) is 0 Å². The van der Waals surface area contributed by atoms with Crippen molar-refractivity contribution < 1.29 is 33.3 Å². The molecule has 0 spiro atoms. The Hall–Kier alpha value is -4.65. The second-order valence-corrected chi connectivity index (χ2v) is 7.48. The van der Waals surface area contributed by atoms with Crippen LogP contribution in [-0.4, -0.2) is 31.1 Å². The molecule has 0 heterocycles. The van der Waals surface area contributed by atoms with Crippen molar-refractivity contribution in [3.8, 4) is 17.2 Å². The zero-order chi connectivity index (χ0) is 25.6. The van der Waals surface area contributed by atoms with Gasteiger partial charge < -0.3 is 18.9 Å². The van der Waals surface area contributed by atoms with E-state index in [1.165, 1.54) is 6.08 Å². The van der Waals surface area contributed by atoms with Gasteiger partial charge in [0.2, 0.25) is 0 Å². The Labute approximate surface area is 209 Å². The minimum atomic E-state index is -0.527. The molecule has 0 unspecified atom stereocenters. The lowest BCUT2D eigenvalue weighted by atomic mass is 10.2. The van der Waals surface area contributed by atoms with E-state index in [0.717, 1.165) is 11.6 Å². The highest BCUT2D eigenvalue weighted by molar-refractivity contribution is 5.91. The van der Waals surface area contributed by atoms with Gasteiger partial charge in [-0.1, -0.05) is 36.9 Å². The Balaban J connectivity index is 1.41. The van der Waals surface area contributed by atoms with Crippen LogP contribution >= 0.6 is 0 Å². The van der Waals surface area contributed by atoms with Crippen LogP contribution in [0.25, 0.3) is 6.08 Å². The van der Waals surface area contributed by atoms with Crippen molar-refractivity contribution in [1.82, 2.24) is 0 Å². The van der Waals surface area contributed by atoms with E-state index in [-0.39, 0.29) is 0 Å². The van der Waals surface area contributed by atoms with Crippen molar-refractivity contribution in [2.45, 2.75) is 12.8 Å². The summed E-state index contributed by atoms with van der Waals surface area (Å²) < 4.78 is 21.1. The van der Waals surface area contributed by atoms with E-state index in [9.17, 15) is 14.4 Å². The molecule has 7 heteroatoms. The first-order valence-corrected chi connectivity index (χ1v) is 11.3. The summed E-state index contributed by atoms with van der Waals surface area (Å²) in [6, 6.07) is 22.2. The van der Waals surface area contributed by atoms with E-state index in [0.29, 0.717) is 48.9 Å². The summed E-state index contributed by atoms with van der Waals surface area (Å²) in [5.41, 5.74) is 1.25. The average Bonchev–Trinajstić information content (AvgIpc) is 2.91. The highest BCUT2D eigenvalue weighted by Gasteiger charge is 2.10. The van der Waals surface area contributed by atoms with Gasteiger partial charge in [-0.05, 0) is 73.0 Å². The Morgan fingerprint density at radius 1 is 0.694 bits per heavy atom. The summed E-state index contributed by atoms with van der Waals surface area (Å²) in [4.78, 5) is 35.4. The molecule has 0 aliphatic carbocycles. The van der Waals surface area contributed by atoms with Crippen molar-refractivity contribution in [1.29, 1.82) is 0 Å². The molecule has 3 rings (SSSR count). The van der Waals surface area contributed by atoms with Gasteiger partial charge in [0.05, 0.1) is 18.8 Å². The van der Waals surface area contributed by atoms with Gasteiger partial charge in [0.1, 0.15) is 17.2 Å². The fraction of sp³-hybridized carbons (Fsp3) is 0.138. The Bertz CT molecular complexity index is 1180. The predicted molar refractivity (Wildman–Crippen MR) is 135 cm³/mol. The van der Waals surface area contributed by atoms with Gasteiger partial charge in [0.15, 0.2) is 0 Å². The first-order valence-electron chi connectivity index (χ1n) is 11.3.